The van der Waals surface area contributed by atoms with Crippen molar-refractivity contribution in [2.75, 3.05) is 16.8 Å². The molecule has 0 saturated carbocycles. The summed E-state index contributed by atoms with van der Waals surface area (Å²) in [5, 5.41) is 2.97. The fraction of sp³-hybridized carbons (Fsp3) is 0.286. The molecule has 1 saturated heterocycles. The molecule has 12 heteroatoms. The minimum atomic E-state index is -0.841. The fourth-order valence-corrected chi connectivity index (χ4v) is 8.80. The molecule has 6 rings (SSSR count). The van der Waals surface area contributed by atoms with Crippen molar-refractivity contribution in [2.45, 2.75) is 55.8 Å². The SMILES string of the molecule is CCOC(=O)c1ccc(N2C(=O)[C@H]3[C@H](c4ccc(C(C)(C)C)cc4)c4sc(=O)n(CC(=O)Nc5ccc(Cl)cc5)c4S[C@H]3C2=O)cc1. The normalized spacial score (nSPS) is 18.9. The van der Waals surface area contributed by atoms with Gasteiger partial charge in [0.1, 0.15) is 11.8 Å². The number of amides is 3. The minimum absolute atomic E-state index is 0.105. The van der Waals surface area contributed by atoms with Crippen molar-refractivity contribution in [3.8, 4) is 0 Å². The molecule has 9 nitrogen and oxygen atoms in total. The van der Waals surface area contributed by atoms with Gasteiger partial charge in [0, 0.05) is 21.5 Å². The van der Waals surface area contributed by atoms with Gasteiger partial charge in [0.25, 0.3) is 0 Å². The number of fused-ring (bicyclic) bond motifs is 2. The highest BCUT2D eigenvalue weighted by Gasteiger charge is 2.56. The first kappa shape index (κ1) is 32.7. The number of hydrogen-bond acceptors (Lipinski definition) is 8. The van der Waals surface area contributed by atoms with Gasteiger partial charge in [0.2, 0.25) is 17.7 Å². The second-order valence-corrected chi connectivity index (χ2v) is 14.9. The first-order valence-electron chi connectivity index (χ1n) is 15.1. The van der Waals surface area contributed by atoms with Crippen molar-refractivity contribution >= 4 is 69.8 Å². The van der Waals surface area contributed by atoms with Gasteiger partial charge in [-0.2, -0.15) is 0 Å². The number of carbonyl (C=O) groups is 4. The van der Waals surface area contributed by atoms with Crippen LogP contribution in [0.3, 0.4) is 0 Å². The number of nitrogens with one attached hydrogen (secondary N) is 1. The molecule has 3 heterocycles. The van der Waals surface area contributed by atoms with E-state index < -0.39 is 34.9 Å². The molecule has 0 radical (unpaired) electrons. The number of carbonyl (C=O) groups excluding carboxylic acids is 4. The van der Waals surface area contributed by atoms with Gasteiger partial charge in [-0.3, -0.25) is 23.7 Å². The summed E-state index contributed by atoms with van der Waals surface area (Å²) in [7, 11) is 0. The molecule has 0 unspecified atom stereocenters. The predicted molar refractivity (Wildman–Crippen MR) is 184 cm³/mol. The summed E-state index contributed by atoms with van der Waals surface area (Å²) in [6.07, 6.45) is 0. The Bertz CT molecular complexity index is 1930. The highest BCUT2D eigenvalue weighted by Crippen LogP contribution is 2.54. The first-order chi connectivity index (χ1) is 22.4. The molecule has 47 heavy (non-hydrogen) atoms. The molecule has 1 fully saturated rings. The largest absolute Gasteiger partial charge is 0.462 e. The maximum absolute atomic E-state index is 14.2. The summed E-state index contributed by atoms with van der Waals surface area (Å²) >= 11 is 8.11. The van der Waals surface area contributed by atoms with Crippen LogP contribution in [0.5, 0.6) is 0 Å². The Morgan fingerprint density at radius 3 is 2.19 bits per heavy atom. The van der Waals surface area contributed by atoms with Crippen LogP contribution in [0.15, 0.2) is 82.6 Å². The average molecular weight is 690 g/mol. The summed E-state index contributed by atoms with van der Waals surface area (Å²) in [5.74, 6) is -3.11. The van der Waals surface area contributed by atoms with Crippen LogP contribution in [0, 0.1) is 5.92 Å². The van der Waals surface area contributed by atoms with E-state index in [9.17, 15) is 24.0 Å². The molecule has 1 aromatic heterocycles. The Labute approximate surface area is 284 Å². The number of halogens is 1. The molecule has 2 aliphatic heterocycles. The smallest absolute Gasteiger partial charge is 0.338 e. The number of thiazole rings is 1. The Morgan fingerprint density at radius 2 is 1.57 bits per heavy atom. The van der Waals surface area contributed by atoms with E-state index in [4.69, 9.17) is 16.3 Å². The van der Waals surface area contributed by atoms with Gasteiger partial charge in [-0.25, -0.2) is 9.69 Å². The van der Waals surface area contributed by atoms with E-state index in [1.54, 1.807) is 43.3 Å². The van der Waals surface area contributed by atoms with Gasteiger partial charge in [0.05, 0.1) is 28.8 Å². The molecule has 0 aliphatic carbocycles. The van der Waals surface area contributed by atoms with Crippen LogP contribution in [-0.2, 0) is 31.1 Å². The number of esters is 1. The lowest BCUT2D eigenvalue weighted by atomic mass is 9.81. The van der Waals surface area contributed by atoms with Crippen LogP contribution in [0.1, 0.15) is 60.0 Å². The Morgan fingerprint density at radius 1 is 0.915 bits per heavy atom. The van der Waals surface area contributed by atoms with Gasteiger partial charge in [0.15, 0.2) is 0 Å². The third-order valence-corrected chi connectivity index (χ3v) is 11.1. The van der Waals surface area contributed by atoms with Crippen LogP contribution in [0.25, 0.3) is 0 Å². The standard InChI is InChI=1S/C35H32ClN3O6S2/c1-5-45-33(43)20-8-16-24(17-9-20)39-30(41)27-26(19-6-10-21(11-7-19)35(2,3)4)29-32(46-28(27)31(39)42)38(34(44)47-29)18-25(40)37-23-14-12-22(36)13-15-23/h6-17,26-28H,5,18H2,1-4H3,(H,37,40)/t26-,27-,28+/m0/s1. The van der Waals surface area contributed by atoms with Crippen molar-refractivity contribution < 1.29 is 23.9 Å². The third kappa shape index (κ3) is 6.27. The van der Waals surface area contributed by atoms with Gasteiger partial charge in [-0.1, -0.05) is 79.7 Å². The van der Waals surface area contributed by atoms with Crippen LogP contribution < -0.4 is 15.1 Å². The van der Waals surface area contributed by atoms with Crippen LogP contribution in [-0.4, -0.2) is 40.1 Å². The summed E-state index contributed by atoms with van der Waals surface area (Å²) in [6.45, 7) is 8.00. The number of rotatable bonds is 7. The number of anilines is 2. The topological polar surface area (TPSA) is 115 Å². The average Bonchev–Trinajstić information content (AvgIpc) is 3.48. The van der Waals surface area contributed by atoms with E-state index in [1.807, 2.05) is 24.3 Å². The lowest BCUT2D eigenvalue weighted by Gasteiger charge is -2.31. The Hall–Kier alpha value is -4.19. The quantitative estimate of drug-likeness (QED) is 0.175. The minimum Gasteiger partial charge on any atom is -0.462 e. The first-order valence-corrected chi connectivity index (χ1v) is 17.2. The zero-order chi connectivity index (χ0) is 33.6. The highest BCUT2D eigenvalue weighted by molar-refractivity contribution is 8.00. The summed E-state index contributed by atoms with van der Waals surface area (Å²) < 4.78 is 6.45. The van der Waals surface area contributed by atoms with Crippen LogP contribution in [0.2, 0.25) is 5.02 Å². The van der Waals surface area contributed by atoms with Crippen molar-refractivity contribution in [1.29, 1.82) is 0 Å². The zero-order valence-corrected chi connectivity index (χ0v) is 28.5. The second-order valence-electron chi connectivity index (χ2n) is 12.4. The van der Waals surface area contributed by atoms with Gasteiger partial charge < -0.3 is 10.1 Å². The van der Waals surface area contributed by atoms with E-state index in [0.717, 1.165) is 34.2 Å². The number of imide groups is 1. The van der Waals surface area contributed by atoms with Crippen LogP contribution in [0.4, 0.5) is 11.4 Å². The zero-order valence-electron chi connectivity index (χ0n) is 26.1. The molecule has 2 aliphatic rings. The predicted octanol–water partition coefficient (Wildman–Crippen LogP) is 6.47. The van der Waals surface area contributed by atoms with Crippen molar-refractivity contribution in [1.82, 2.24) is 4.57 Å². The van der Waals surface area contributed by atoms with E-state index in [1.165, 1.54) is 21.6 Å². The van der Waals surface area contributed by atoms with Crippen molar-refractivity contribution in [3.63, 3.8) is 0 Å². The maximum atomic E-state index is 14.2. The molecule has 3 atom stereocenters. The second kappa shape index (κ2) is 12.8. The number of thioether (sulfide) groups is 1. The van der Waals surface area contributed by atoms with Crippen LogP contribution >= 0.6 is 34.7 Å². The van der Waals surface area contributed by atoms with E-state index in [2.05, 4.69) is 26.1 Å². The van der Waals surface area contributed by atoms with E-state index >= 15 is 0 Å². The van der Waals surface area contributed by atoms with E-state index in [-0.39, 0.29) is 29.3 Å². The molecule has 1 N–H and O–H groups in total. The van der Waals surface area contributed by atoms with Gasteiger partial charge in [-0.15, -0.1) is 0 Å². The van der Waals surface area contributed by atoms with E-state index in [0.29, 0.717) is 31.9 Å². The highest BCUT2D eigenvalue weighted by atomic mass is 35.5. The number of nitrogens with zero attached hydrogens (tertiary/aromatic N) is 2. The van der Waals surface area contributed by atoms with Gasteiger partial charge >= 0.3 is 10.8 Å². The Balaban J connectivity index is 1.39. The third-order valence-electron chi connectivity index (χ3n) is 8.25. The van der Waals surface area contributed by atoms with Gasteiger partial charge in [-0.05, 0) is 72.0 Å². The monoisotopic (exact) mass is 689 g/mol. The number of benzene rings is 3. The molecule has 3 amide bonds. The number of hydrogen-bond donors (Lipinski definition) is 1. The lowest BCUT2D eigenvalue weighted by Crippen LogP contribution is -2.33. The molecule has 0 bridgehead atoms. The summed E-state index contributed by atoms with van der Waals surface area (Å²) in [5.41, 5.74) is 2.97. The maximum Gasteiger partial charge on any atom is 0.338 e. The molecule has 242 valence electrons. The molecular formula is C35H32ClN3O6S2. The Kier molecular flexibility index (Phi) is 8.90. The van der Waals surface area contributed by atoms with Crippen molar-refractivity contribution in [3.05, 3.63) is 109 Å². The summed E-state index contributed by atoms with van der Waals surface area (Å²) in [4.78, 5) is 68.5. The molecule has 4 aromatic rings. The number of aromatic nitrogens is 1. The van der Waals surface area contributed by atoms with Crippen molar-refractivity contribution in [2.24, 2.45) is 5.92 Å². The summed E-state index contributed by atoms with van der Waals surface area (Å²) in [6, 6.07) is 20.7. The number of ether oxygens (including phenoxy) is 1. The molecular weight excluding hydrogens is 658 g/mol. The fourth-order valence-electron chi connectivity index (χ4n) is 5.90. The lowest BCUT2D eigenvalue weighted by molar-refractivity contribution is -0.122. The molecule has 3 aromatic carbocycles. The molecule has 0 spiro atoms.